The van der Waals surface area contributed by atoms with Crippen molar-refractivity contribution in [2.75, 3.05) is 14.2 Å². The molecule has 0 saturated carbocycles. The van der Waals surface area contributed by atoms with E-state index in [1.54, 1.807) is 7.11 Å². The molecule has 0 aliphatic heterocycles. The molecule has 1 heterocycles. The minimum atomic E-state index is 0.0693. The van der Waals surface area contributed by atoms with Gasteiger partial charge in [0.2, 0.25) is 0 Å². The molecule has 1 unspecified atom stereocenters. The number of hydrogen-bond acceptors (Lipinski definition) is 5. The lowest BCUT2D eigenvalue weighted by molar-refractivity contribution is 0.405. The fourth-order valence-corrected chi connectivity index (χ4v) is 2.78. The Morgan fingerprint density at radius 1 is 1.33 bits per heavy atom. The van der Waals surface area contributed by atoms with Gasteiger partial charge in [-0.15, -0.1) is 5.10 Å². The first kappa shape index (κ1) is 13.0. The molecule has 1 N–H and O–H groups in total. The Labute approximate surface area is 111 Å². The molecule has 0 saturated heterocycles. The van der Waals surface area contributed by atoms with Crippen LogP contribution < -0.4 is 10.1 Å². The molecule has 0 spiro atoms. The molecule has 18 heavy (non-hydrogen) atoms. The van der Waals surface area contributed by atoms with Crippen molar-refractivity contribution in [3.63, 3.8) is 0 Å². The molecule has 2 aromatic rings. The second kappa shape index (κ2) is 5.46. The zero-order valence-electron chi connectivity index (χ0n) is 11.0. The highest BCUT2D eigenvalue weighted by atomic mass is 32.1. The Balaban J connectivity index is 2.51. The third-order valence-electron chi connectivity index (χ3n) is 2.93. The van der Waals surface area contributed by atoms with Gasteiger partial charge in [0.25, 0.3) is 0 Å². The number of ether oxygens (including phenoxy) is 1. The molecule has 4 nitrogen and oxygen atoms in total. The van der Waals surface area contributed by atoms with Crippen molar-refractivity contribution in [3.05, 3.63) is 39.9 Å². The molecule has 0 amide bonds. The fraction of sp³-hybridized carbons (Fsp3) is 0.385. The highest BCUT2D eigenvalue weighted by Crippen LogP contribution is 2.33. The SMILES string of the molecule is CNC(c1cc(C)ccc1OC)c1snnc1C. The normalized spacial score (nSPS) is 12.4. The second-order valence-electron chi connectivity index (χ2n) is 4.19. The summed E-state index contributed by atoms with van der Waals surface area (Å²) >= 11 is 1.42. The van der Waals surface area contributed by atoms with E-state index >= 15 is 0 Å². The van der Waals surface area contributed by atoms with Gasteiger partial charge in [0, 0.05) is 5.56 Å². The van der Waals surface area contributed by atoms with Crippen molar-refractivity contribution in [2.45, 2.75) is 19.9 Å². The number of rotatable bonds is 4. The number of benzene rings is 1. The van der Waals surface area contributed by atoms with Gasteiger partial charge < -0.3 is 10.1 Å². The van der Waals surface area contributed by atoms with Crippen LogP contribution in [0.3, 0.4) is 0 Å². The Morgan fingerprint density at radius 2 is 2.11 bits per heavy atom. The van der Waals surface area contributed by atoms with Gasteiger partial charge in [0.05, 0.1) is 23.7 Å². The van der Waals surface area contributed by atoms with Gasteiger partial charge >= 0.3 is 0 Å². The molecule has 0 radical (unpaired) electrons. The Morgan fingerprint density at radius 3 is 2.67 bits per heavy atom. The number of aryl methyl sites for hydroxylation is 2. The highest BCUT2D eigenvalue weighted by Gasteiger charge is 2.21. The summed E-state index contributed by atoms with van der Waals surface area (Å²) in [5.41, 5.74) is 3.29. The van der Waals surface area contributed by atoms with E-state index in [9.17, 15) is 0 Å². The summed E-state index contributed by atoms with van der Waals surface area (Å²) in [5.74, 6) is 0.882. The molecule has 96 valence electrons. The molecule has 0 bridgehead atoms. The maximum absolute atomic E-state index is 5.44. The first-order valence-electron chi connectivity index (χ1n) is 5.78. The molecule has 1 aromatic heterocycles. The molecule has 0 fully saturated rings. The number of aromatic nitrogens is 2. The van der Waals surface area contributed by atoms with E-state index in [0.717, 1.165) is 21.9 Å². The van der Waals surface area contributed by atoms with E-state index in [0.29, 0.717) is 0 Å². The van der Waals surface area contributed by atoms with Crippen molar-refractivity contribution in [1.29, 1.82) is 0 Å². The van der Waals surface area contributed by atoms with Crippen LogP contribution in [0.1, 0.15) is 27.7 Å². The minimum absolute atomic E-state index is 0.0693. The van der Waals surface area contributed by atoms with Crippen molar-refractivity contribution in [1.82, 2.24) is 14.9 Å². The Bertz CT molecular complexity index is 539. The van der Waals surface area contributed by atoms with Crippen LogP contribution >= 0.6 is 11.5 Å². The van der Waals surface area contributed by atoms with Gasteiger partial charge in [-0.3, -0.25) is 0 Å². The predicted molar refractivity (Wildman–Crippen MR) is 73.3 cm³/mol. The first-order chi connectivity index (χ1) is 8.67. The molecular weight excluding hydrogens is 246 g/mol. The van der Waals surface area contributed by atoms with Crippen molar-refractivity contribution in [3.8, 4) is 5.75 Å². The minimum Gasteiger partial charge on any atom is -0.496 e. The fourth-order valence-electron chi connectivity index (χ4n) is 2.01. The standard InChI is InChI=1S/C13H17N3OS/c1-8-5-6-11(17-4)10(7-8)12(14-3)13-9(2)15-16-18-13/h5-7,12,14H,1-4H3. The van der Waals surface area contributed by atoms with Crippen molar-refractivity contribution >= 4 is 11.5 Å². The average molecular weight is 263 g/mol. The van der Waals surface area contributed by atoms with Crippen LogP contribution in [0.4, 0.5) is 0 Å². The van der Waals surface area contributed by atoms with Gasteiger partial charge in [-0.2, -0.15) is 0 Å². The molecule has 2 rings (SSSR count). The molecule has 1 aromatic carbocycles. The van der Waals surface area contributed by atoms with E-state index in [1.807, 2.05) is 26.1 Å². The van der Waals surface area contributed by atoms with E-state index in [2.05, 4.69) is 27.9 Å². The lowest BCUT2D eigenvalue weighted by Crippen LogP contribution is -2.18. The summed E-state index contributed by atoms with van der Waals surface area (Å²) in [7, 11) is 3.63. The summed E-state index contributed by atoms with van der Waals surface area (Å²) in [6, 6.07) is 6.25. The van der Waals surface area contributed by atoms with Gasteiger partial charge in [-0.05, 0) is 38.5 Å². The number of nitrogens with zero attached hydrogens (tertiary/aromatic N) is 2. The van der Waals surface area contributed by atoms with E-state index in [1.165, 1.54) is 17.1 Å². The van der Waals surface area contributed by atoms with E-state index in [-0.39, 0.29) is 6.04 Å². The van der Waals surface area contributed by atoms with Crippen LogP contribution in [0.5, 0.6) is 5.75 Å². The maximum Gasteiger partial charge on any atom is 0.124 e. The lowest BCUT2D eigenvalue weighted by Gasteiger charge is -2.18. The molecule has 0 aliphatic carbocycles. The smallest absolute Gasteiger partial charge is 0.124 e. The van der Waals surface area contributed by atoms with Gasteiger partial charge in [-0.25, -0.2) is 0 Å². The summed E-state index contributed by atoms with van der Waals surface area (Å²) in [4.78, 5) is 1.13. The third kappa shape index (κ3) is 2.37. The topological polar surface area (TPSA) is 47.0 Å². The van der Waals surface area contributed by atoms with Gasteiger partial charge in [-0.1, -0.05) is 22.2 Å². The van der Waals surface area contributed by atoms with Crippen LogP contribution in [0.15, 0.2) is 18.2 Å². The molecule has 0 aliphatic rings. The maximum atomic E-state index is 5.44. The second-order valence-corrected chi connectivity index (χ2v) is 4.98. The van der Waals surface area contributed by atoms with Crippen LogP contribution in [-0.4, -0.2) is 23.7 Å². The Hall–Kier alpha value is -1.46. The first-order valence-corrected chi connectivity index (χ1v) is 6.55. The number of nitrogens with one attached hydrogen (secondary N) is 1. The zero-order valence-corrected chi connectivity index (χ0v) is 11.8. The quantitative estimate of drug-likeness (QED) is 0.920. The lowest BCUT2D eigenvalue weighted by atomic mass is 10.0. The largest absolute Gasteiger partial charge is 0.496 e. The summed E-state index contributed by atoms with van der Waals surface area (Å²) in [6.07, 6.45) is 0. The Kier molecular flexibility index (Phi) is 3.93. The molecule has 1 atom stereocenters. The van der Waals surface area contributed by atoms with Gasteiger partial charge in [0.15, 0.2) is 0 Å². The van der Waals surface area contributed by atoms with Crippen molar-refractivity contribution < 1.29 is 4.74 Å². The highest BCUT2D eigenvalue weighted by molar-refractivity contribution is 7.05. The number of hydrogen-bond donors (Lipinski definition) is 1. The summed E-state index contributed by atoms with van der Waals surface area (Å²) in [6.45, 7) is 4.05. The predicted octanol–water partition coefficient (Wildman–Crippen LogP) is 2.47. The zero-order chi connectivity index (χ0) is 13.1. The van der Waals surface area contributed by atoms with E-state index < -0.39 is 0 Å². The summed E-state index contributed by atoms with van der Waals surface area (Å²) in [5, 5.41) is 7.39. The monoisotopic (exact) mass is 263 g/mol. The van der Waals surface area contributed by atoms with Crippen LogP contribution in [0.25, 0.3) is 0 Å². The summed E-state index contributed by atoms with van der Waals surface area (Å²) < 4.78 is 9.45. The van der Waals surface area contributed by atoms with Crippen LogP contribution in [-0.2, 0) is 0 Å². The van der Waals surface area contributed by atoms with Crippen molar-refractivity contribution in [2.24, 2.45) is 0 Å². The average Bonchev–Trinajstić information content (AvgIpc) is 2.77. The van der Waals surface area contributed by atoms with E-state index in [4.69, 9.17) is 4.74 Å². The van der Waals surface area contributed by atoms with Crippen LogP contribution in [0.2, 0.25) is 0 Å². The van der Waals surface area contributed by atoms with Gasteiger partial charge in [0.1, 0.15) is 5.75 Å². The third-order valence-corrected chi connectivity index (χ3v) is 3.82. The molecular formula is C13H17N3OS. The van der Waals surface area contributed by atoms with Crippen LogP contribution in [0, 0.1) is 13.8 Å². The number of methoxy groups -OCH3 is 1. The molecule has 5 heteroatoms.